The number of hydrogen-bond acceptors (Lipinski definition) is 5. The van der Waals surface area contributed by atoms with E-state index in [9.17, 15) is 0 Å². The molecule has 0 spiro atoms. The second-order valence-electron chi connectivity index (χ2n) is 6.58. The van der Waals surface area contributed by atoms with Crippen LogP contribution < -0.4 is 15.4 Å². The fraction of sp³-hybridized carbons (Fsp3) is 0.238. The van der Waals surface area contributed by atoms with Crippen molar-refractivity contribution >= 4 is 17.5 Å². The molecule has 4 rings (SSSR count). The summed E-state index contributed by atoms with van der Waals surface area (Å²) in [5, 5.41) is 6.79. The van der Waals surface area contributed by atoms with Crippen LogP contribution >= 0.6 is 0 Å². The third-order valence-electron chi connectivity index (χ3n) is 4.33. The zero-order valence-electron chi connectivity index (χ0n) is 15.0. The number of nitrogens with zero attached hydrogens (tertiary/aromatic N) is 2. The molecule has 2 N–H and O–H groups in total. The number of nitrogens with one attached hydrogen (secondary N) is 2. The third-order valence-corrected chi connectivity index (χ3v) is 4.33. The van der Waals surface area contributed by atoms with Crippen LogP contribution in [0, 0.1) is 6.92 Å². The molecule has 1 fully saturated rings. The van der Waals surface area contributed by atoms with E-state index < -0.39 is 0 Å². The molecule has 0 unspecified atom stereocenters. The molecule has 0 bridgehead atoms. The Labute approximate surface area is 153 Å². The first kappa shape index (κ1) is 16.4. The number of anilines is 3. The lowest BCUT2D eigenvalue weighted by Crippen LogP contribution is -2.07. The number of aromatic nitrogens is 2. The van der Waals surface area contributed by atoms with Gasteiger partial charge in [0, 0.05) is 17.7 Å². The molecule has 2 aromatic carbocycles. The minimum absolute atomic E-state index is 0.523. The standard InChI is InChI=1S/C21H22N4O/c1-14-8-11-19(26-2)18(12-14)24-21-23-17(15-6-4-3-5-7-15)13-20(25-21)22-16-9-10-16/h3-8,11-13,16H,9-10H2,1-2H3,(H2,22,23,24,25). The van der Waals surface area contributed by atoms with Crippen LogP contribution in [0.2, 0.25) is 0 Å². The van der Waals surface area contributed by atoms with Gasteiger partial charge < -0.3 is 15.4 Å². The van der Waals surface area contributed by atoms with Gasteiger partial charge in [-0.15, -0.1) is 0 Å². The normalized spacial score (nSPS) is 13.3. The summed E-state index contributed by atoms with van der Waals surface area (Å²) in [7, 11) is 1.66. The van der Waals surface area contributed by atoms with E-state index in [2.05, 4.69) is 27.8 Å². The lowest BCUT2D eigenvalue weighted by Gasteiger charge is -2.13. The zero-order chi connectivity index (χ0) is 17.9. The molecular formula is C21H22N4O. The van der Waals surface area contributed by atoms with Crippen LogP contribution in [0.25, 0.3) is 11.3 Å². The summed E-state index contributed by atoms with van der Waals surface area (Å²) < 4.78 is 5.46. The van der Waals surface area contributed by atoms with Crippen LogP contribution in [0.15, 0.2) is 54.6 Å². The Kier molecular flexibility index (Phi) is 4.44. The Bertz CT molecular complexity index is 907. The summed E-state index contributed by atoms with van der Waals surface area (Å²) in [6, 6.07) is 18.7. The molecule has 132 valence electrons. The van der Waals surface area contributed by atoms with Gasteiger partial charge >= 0.3 is 0 Å². The highest BCUT2D eigenvalue weighted by molar-refractivity contribution is 5.68. The van der Waals surface area contributed by atoms with E-state index in [0.29, 0.717) is 12.0 Å². The van der Waals surface area contributed by atoms with Gasteiger partial charge in [-0.3, -0.25) is 0 Å². The van der Waals surface area contributed by atoms with Crippen molar-refractivity contribution in [3.8, 4) is 17.0 Å². The van der Waals surface area contributed by atoms with Gasteiger partial charge in [-0.1, -0.05) is 36.4 Å². The molecular weight excluding hydrogens is 324 g/mol. The summed E-state index contributed by atoms with van der Waals surface area (Å²) in [6.45, 7) is 2.05. The van der Waals surface area contributed by atoms with Gasteiger partial charge in [0.2, 0.25) is 5.95 Å². The highest BCUT2D eigenvalue weighted by atomic mass is 16.5. The topological polar surface area (TPSA) is 59.1 Å². The molecule has 1 saturated carbocycles. The van der Waals surface area contributed by atoms with Gasteiger partial charge in [0.05, 0.1) is 18.5 Å². The Morgan fingerprint density at radius 2 is 1.81 bits per heavy atom. The number of ether oxygens (including phenoxy) is 1. The van der Waals surface area contributed by atoms with Crippen molar-refractivity contribution in [1.29, 1.82) is 0 Å². The van der Waals surface area contributed by atoms with Crippen molar-refractivity contribution in [1.82, 2.24) is 9.97 Å². The Hall–Kier alpha value is -3.08. The molecule has 26 heavy (non-hydrogen) atoms. The van der Waals surface area contributed by atoms with Crippen molar-refractivity contribution < 1.29 is 4.74 Å². The fourth-order valence-corrected chi connectivity index (χ4v) is 2.81. The van der Waals surface area contributed by atoms with E-state index in [1.165, 1.54) is 12.8 Å². The minimum Gasteiger partial charge on any atom is -0.495 e. The molecule has 1 aliphatic carbocycles. The van der Waals surface area contributed by atoms with Gasteiger partial charge in [-0.25, -0.2) is 4.98 Å². The van der Waals surface area contributed by atoms with Crippen molar-refractivity contribution in [2.75, 3.05) is 17.7 Å². The molecule has 0 saturated heterocycles. The van der Waals surface area contributed by atoms with E-state index in [1.807, 2.05) is 49.4 Å². The lowest BCUT2D eigenvalue weighted by atomic mass is 10.1. The number of rotatable bonds is 6. The van der Waals surface area contributed by atoms with E-state index in [0.717, 1.165) is 34.1 Å². The van der Waals surface area contributed by atoms with Crippen LogP contribution in [0.3, 0.4) is 0 Å². The van der Waals surface area contributed by atoms with Crippen LogP contribution in [-0.2, 0) is 0 Å². The summed E-state index contributed by atoms with van der Waals surface area (Å²) in [5.41, 5.74) is 3.95. The van der Waals surface area contributed by atoms with E-state index in [-0.39, 0.29) is 0 Å². The summed E-state index contributed by atoms with van der Waals surface area (Å²) in [4.78, 5) is 9.36. The van der Waals surface area contributed by atoms with Gasteiger partial charge in [0.25, 0.3) is 0 Å². The third kappa shape index (κ3) is 3.77. The van der Waals surface area contributed by atoms with Gasteiger partial charge in [0.15, 0.2) is 0 Å². The van der Waals surface area contributed by atoms with Gasteiger partial charge in [-0.05, 0) is 37.5 Å². The average molecular weight is 346 g/mol. The zero-order valence-corrected chi connectivity index (χ0v) is 15.0. The predicted molar refractivity (Wildman–Crippen MR) is 105 cm³/mol. The smallest absolute Gasteiger partial charge is 0.229 e. The largest absolute Gasteiger partial charge is 0.495 e. The molecule has 5 nitrogen and oxygen atoms in total. The molecule has 3 aromatic rings. The van der Waals surface area contributed by atoms with Crippen LogP contribution in [0.5, 0.6) is 5.75 Å². The monoisotopic (exact) mass is 346 g/mol. The maximum absolute atomic E-state index is 5.46. The first-order valence-electron chi connectivity index (χ1n) is 8.84. The summed E-state index contributed by atoms with van der Waals surface area (Å²) in [5.74, 6) is 2.16. The van der Waals surface area contributed by atoms with Crippen molar-refractivity contribution in [2.24, 2.45) is 0 Å². The molecule has 1 aliphatic rings. The molecule has 1 aromatic heterocycles. The molecule has 5 heteroatoms. The maximum Gasteiger partial charge on any atom is 0.229 e. The second kappa shape index (κ2) is 7.04. The fourth-order valence-electron chi connectivity index (χ4n) is 2.81. The van der Waals surface area contributed by atoms with Crippen molar-refractivity contribution in [2.45, 2.75) is 25.8 Å². The number of hydrogen-bond donors (Lipinski definition) is 2. The van der Waals surface area contributed by atoms with Crippen LogP contribution in [-0.4, -0.2) is 23.1 Å². The quantitative estimate of drug-likeness (QED) is 0.673. The average Bonchev–Trinajstić information content (AvgIpc) is 3.46. The molecule has 0 aliphatic heterocycles. The first-order chi connectivity index (χ1) is 12.7. The maximum atomic E-state index is 5.46. The number of benzene rings is 2. The molecule has 0 atom stereocenters. The van der Waals surface area contributed by atoms with Gasteiger partial charge in [-0.2, -0.15) is 4.98 Å². The van der Waals surface area contributed by atoms with Crippen molar-refractivity contribution in [3.63, 3.8) is 0 Å². The second-order valence-corrected chi connectivity index (χ2v) is 6.58. The highest BCUT2D eigenvalue weighted by Gasteiger charge is 2.22. The molecule has 0 radical (unpaired) electrons. The highest BCUT2D eigenvalue weighted by Crippen LogP contribution is 2.30. The Morgan fingerprint density at radius 3 is 2.54 bits per heavy atom. The molecule has 1 heterocycles. The Balaban J connectivity index is 1.71. The minimum atomic E-state index is 0.523. The number of methoxy groups -OCH3 is 1. The SMILES string of the molecule is COc1ccc(C)cc1Nc1nc(NC2CC2)cc(-c2ccccc2)n1. The van der Waals surface area contributed by atoms with E-state index in [4.69, 9.17) is 9.72 Å². The first-order valence-corrected chi connectivity index (χ1v) is 8.84. The summed E-state index contributed by atoms with van der Waals surface area (Å²) in [6.07, 6.45) is 2.39. The van der Waals surface area contributed by atoms with E-state index in [1.54, 1.807) is 7.11 Å². The molecule has 0 amide bonds. The van der Waals surface area contributed by atoms with Crippen LogP contribution in [0.1, 0.15) is 18.4 Å². The van der Waals surface area contributed by atoms with Crippen molar-refractivity contribution in [3.05, 3.63) is 60.2 Å². The number of aryl methyl sites for hydroxylation is 1. The van der Waals surface area contributed by atoms with E-state index >= 15 is 0 Å². The lowest BCUT2D eigenvalue weighted by molar-refractivity contribution is 0.416. The van der Waals surface area contributed by atoms with Gasteiger partial charge in [0.1, 0.15) is 11.6 Å². The predicted octanol–water partition coefficient (Wildman–Crippen LogP) is 4.78. The Morgan fingerprint density at radius 1 is 1.00 bits per heavy atom. The van der Waals surface area contributed by atoms with Crippen LogP contribution in [0.4, 0.5) is 17.5 Å². The summed E-state index contributed by atoms with van der Waals surface area (Å²) >= 11 is 0.